The molecule has 1 aliphatic rings. The molecule has 0 N–H and O–H groups in total. The highest BCUT2D eigenvalue weighted by Crippen LogP contribution is 2.39. The number of aryl methyl sites for hydroxylation is 1. The predicted octanol–water partition coefficient (Wildman–Crippen LogP) is 4.64. The standard InChI is InChI=1S/C24H26FNO4/c1-4-22-29-15-24(5-2,30-22)18-11-19(25)13-20(12-18)28-14-17-8-6-7-16-9-10-21(27)26(3)23(16)17/h6-13,22H,4-5,14-15H2,1-3H3. The number of rotatable bonds is 6. The molecule has 1 fully saturated rings. The van der Waals surface area contributed by atoms with E-state index in [1.165, 1.54) is 12.1 Å². The van der Waals surface area contributed by atoms with Crippen LogP contribution in [0.2, 0.25) is 0 Å². The van der Waals surface area contributed by atoms with Gasteiger partial charge >= 0.3 is 0 Å². The van der Waals surface area contributed by atoms with Crippen LogP contribution < -0.4 is 10.3 Å². The van der Waals surface area contributed by atoms with Gasteiger partial charge in [0.25, 0.3) is 5.56 Å². The van der Waals surface area contributed by atoms with E-state index in [1.807, 2.05) is 38.1 Å². The minimum atomic E-state index is -0.676. The lowest BCUT2D eigenvalue weighted by Crippen LogP contribution is -2.28. The quantitative estimate of drug-likeness (QED) is 0.593. The fourth-order valence-electron chi connectivity index (χ4n) is 4.01. The number of nitrogens with zero attached hydrogens (tertiary/aromatic N) is 1. The van der Waals surface area contributed by atoms with Gasteiger partial charge < -0.3 is 18.8 Å². The molecule has 2 heterocycles. The molecule has 6 heteroatoms. The maximum Gasteiger partial charge on any atom is 0.250 e. The van der Waals surface area contributed by atoms with Crippen molar-refractivity contribution in [3.63, 3.8) is 0 Å². The minimum Gasteiger partial charge on any atom is -0.489 e. The van der Waals surface area contributed by atoms with Crippen LogP contribution in [-0.2, 0) is 28.7 Å². The molecule has 158 valence electrons. The van der Waals surface area contributed by atoms with Crippen molar-refractivity contribution >= 4 is 10.9 Å². The number of ether oxygens (including phenoxy) is 3. The summed E-state index contributed by atoms with van der Waals surface area (Å²) in [4.78, 5) is 12.1. The summed E-state index contributed by atoms with van der Waals surface area (Å²) < 4.78 is 33.8. The molecule has 2 unspecified atom stereocenters. The van der Waals surface area contributed by atoms with Crippen molar-refractivity contribution in [2.45, 2.75) is 45.2 Å². The third-order valence-corrected chi connectivity index (χ3v) is 5.78. The summed E-state index contributed by atoms with van der Waals surface area (Å²) in [5.74, 6) is 0.0310. The lowest BCUT2D eigenvalue weighted by Gasteiger charge is -2.27. The van der Waals surface area contributed by atoms with E-state index in [0.29, 0.717) is 24.3 Å². The van der Waals surface area contributed by atoms with E-state index in [-0.39, 0.29) is 24.3 Å². The summed E-state index contributed by atoms with van der Waals surface area (Å²) in [6.45, 7) is 4.60. The Morgan fingerprint density at radius 2 is 2.03 bits per heavy atom. The minimum absolute atomic E-state index is 0.0864. The first-order valence-electron chi connectivity index (χ1n) is 10.3. The third kappa shape index (κ3) is 3.73. The van der Waals surface area contributed by atoms with Gasteiger partial charge in [0.05, 0.1) is 12.1 Å². The zero-order chi connectivity index (χ0) is 21.3. The number of benzene rings is 2. The Morgan fingerprint density at radius 1 is 1.20 bits per heavy atom. The predicted molar refractivity (Wildman–Crippen MR) is 113 cm³/mol. The average Bonchev–Trinajstić information content (AvgIpc) is 3.19. The van der Waals surface area contributed by atoms with Crippen LogP contribution in [0.1, 0.15) is 37.8 Å². The van der Waals surface area contributed by atoms with Crippen molar-refractivity contribution in [1.29, 1.82) is 0 Å². The number of halogens is 1. The molecule has 4 rings (SSSR count). The van der Waals surface area contributed by atoms with Crippen molar-refractivity contribution in [2.24, 2.45) is 7.05 Å². The summed E-state index contributed by atoms with van der Waals surface area (Å²) in [5.41, 5.74) is 1.61. The number of para-hydroxylation sites is 1. The van der Waals surface area contributed by atoms with E-state index in [1.54, 1.807) is 23.7 Å². The zero-order valence-corrected chi connectivity index (χ0v) is 17.5. The second-order valence-electron chi connectivity index (χ2n) is 7.66. The van der Waals surface area contributed by atoms with Crippen LogP contribution in [0.15, 0.2) is 53.3 Å². The maximum atomic E-state index is 14.4. The molecule has 2 aromatic carbocycles. The van der Waals surface area contributed by atoms with E-state index >= 15 is 0 Å². The Balaban J connectivity index is 1.64. The van der Waals surface area contributed by atoms with Gasteiger partial charge in [0, 0.05) is 24.7 Å². The zero-order valence-electron chi connectivity index (χ0n) is 17.5. The van der Waals surface area contributed by atoms with Crippen LogP contribution >= 0.6 is 0 Å². The Hall–Kier alpha value is -2.70. The highest BCUT2D eigenvalue weighted by atomic mass is 19.1. The molecule has 0 spiro atoms. The normalized spacial score (nSPS) is 21.3. The van der Waals surface area contributed by atoms with Gasteiger partial charge in [0.1, 0.15) is 23.8 Å². The smallest absolute Gasteiger partial charge is 0.250 e. The van der Waals surface area contributed by atoms with Gasteiger partial charge in [-0.3, -0.25) is 4.79 Å². The topological polar surface area (TPSA) is 49.7 Å². The highest BCUT2D eigenvalue weighted by molar-refractivity contribution is 5.82. The van der Waals surface area contributed by atoms with E-state index < -0.39 is 5.60 Å². The van der Waals surface area contributed by atoms with Crippen molar-refractivity contribution in [3.8, 4) is 5.75 Å². The van der Waals surface area contributed by atoms with Gasteiger partial charge in [0.2, 0.25) is 0 Å². The van der Waals surface area contributed by atoms with Crippen LogP contribution in [-0.4, -0.2) is 17.5 Å². The molecule has 1 aliphatic heterocycles. The molecule has 0 saturated carbocycles. The van der Waals surface area contributed by atoms with Crippen LogP contribution in [0, 0.1) is 5.82 Å². The van der Waals surface area contributed by atoms with E-state index in [2.05, 4.69) is 0 Å². The van der Waals surface area contributed by atoms with Gasteiger partial charge in [0.15, 0.2) is 6.29 Å². The van der Waals surface area contributed by atoms with Crippen molar-refractivity contribution < 1.29 is 18.6 Å². The fourth-order valence-corrected chi connectivity index (χ4v) is 4.01. The average molecular weight is 411 g/mol. The lowest BCUT2D eigenvalue weighted by molar-refractivity contribution is -0.0943. The molecule has 0 amide bonds. The Kier molecular flexibility index (Phi) is 5.62. The van der Waals surface area contributed by atoms with Gasteiger partial charge in [-0.05, 0) is 42.0 Å². The van der Waals surface area contributed by atoms with Crippen LogP contribution in [0.25, 0.3) is 10.9 Å². The second-order valence-corrected chi connectivity index (χ2v) is 7.66. The maximum absolute atomic E-state index is 14.4. The van der Waals surface area contributed by atoms with Gasteiger partial charge in [-0.2, -0.15) is 0 Å². The summed E-state index contributed by atoms with van der Waals surface area (Å²) in [5, 5.41) is 0.949. The molecule has 0 radical (unpaired) electrons. The number of fused-ring (bicyclic) bond motifs is 1. The number of aromatic nitrogens is 1. The SMILES string of the molecule is CCC1OCC(CC)(c2cc(F)cc(OCc3cccc4ccc(=O)n(C)c34)c2)O1. The van der Waals surface area contributed by atoms with E-state index in [0.717, 1.165) is 22.9 Å². The Bertz CT molecular complexity index is 1130. The first-order valence-corrected chi connectivity index (χ1v) is 10.3. The molecule has 0 aliphatic carbocycles. The molecule has 3 aromatic rings. The first-order chi connectivity index (χ1) is 14.5. The van der Waals surface area contributed by atoms with Crippen LogP contribution in [0.4, 0.5) is 4.39 Å². The second kappa shape index (κ2) is 8.20. The van der Waals surface area contributed by atoms with Gasteiger partial charge in [-0.25, -0.2) is 4.39 Å². The highest BCUT2D eigenvalue weighted by Gasteiger charge is 2.41. The molecule has 5 nitrogen and oxygen atoms in total. The summed E-state index contributed by atoms with van der Waals surface area (Å²) >= 11 is 0. The summed E-state index contributed by atoms with van der Waals surface area (Å²) in [6, 6.07) is 13.8. The fraction of sp³-hybridized carbons (Fsp3) is 0.375. The van der Waals surface area contributed by atoms with Crippen molar-refractivity contribution in [3.05, 3.63) is 75.8 Å². The van der Waals surface area contributed by atoms with Gasteiger partial charge in [-0.15, -0.1) is 0 Å². The molecule has 2 atom stereocenters. The van der Waals surface area contributed by atoms with E-state index in [4.69, 9.17) is 14.2 Å². The van der Waals surface area contributed by atoms with Crippen molar-refractivity contribution in [1.82, 2.24) is 4.57 Å². The lowest BCUT2D eigenvalue weighted by atomic mass is 9.91. The van der Waals surface area contributed by atoms with Crippen LogP contribution in [0.3, 0.4) is 0 Å². The van der Waals surface area contributed by atoms with Gasteiger partial charge in [-0.1, -0.05) is 32.0 Å². The molecule has 30 heavy (non-hydrogen) atoms. The third-order valence-electron chi connectivity index (χ3n) is 5.78. The molecule has 1 aromatic heterocycles. The van der Waals surface area contributed by atoms with E-state index in [9.17, 15) is 9.18 Å². The monoisotopic (exact) mass is 411 g/mol. The Morgan fingerprint density at radius 3 is 2.77 bits per heavy atom. The number of hydrogen-bond donors (Lipinski definition) is 0. The molecular formula is C24H26FNO4. The largest absolute Gasteiger partial charge is 0.489 e. The molecular weight excluding hydrogens is 385 g/mol. The molecule has 0 bridgehead atoms. The number of pyridine rings is 1. The molecule has 1 saturated heterocycles. The van der Waals surface area contributed by atoms with Crippen molar-refractivity contribution in [2.75, 3.05) is 6.61 Å². The Labute approximate surface area is 175 Å². The summed E-state index contributed by atoms with van der Waals surface area (Å²) in [6.07, 6.45) is 1.12. The summed E-state index contributed by atoms with van der Waals surface area (Å²) in [7, 11) is 1.74. The number of hydrogen-bond acceptors (Lipinski definition) is 4. The first kappa shape index (κ1) is 20.6. The van der Waals surface area contributed by atoms with Crippen LogP contribution in [0.5, 0.6) is 5.75 Å².